The summed E-state index contributed by atoms with van der Waals surface area (Å²) in [5, 5.41) is 14.8. The van der Waals surface area contributed by atoms with E-state index in [-0.39, 0.29) is 12.6 Å². The molecule has 0 amide bonds. The minimum Gasteiger partial charge on any atom is -0.481 e. The van der Waals surface area contributed by atoms with Crippen molar-refractivity contribution in [1.29, 1.82) is 0 Å². The van der Waals surface area contributed by atoms with Gasteiger partial charge in [-0.2, -0.15) is 0 Å². The van der Waals surface area contributed by atoms with E-state index in [0.717, 1.165) is 51.4 Å². The first-order chi connectivity index (χ1) is 16.9. The van der Waals surface area contributed by atoms with Gasteiger partial charge in [0.15, 0.2) is 5.13 Å². The third kappa shape index (κ3) is 5.19. The topological polar surface area (TPSA) is 97.2 Å². The Balaban J connectivity index is 1.24. The number of fused-ring (bicyclic) bond motifs is 1. The van der Waals surface area contributed by atoms with Crippen LogP contribution in [0.5, 0.6) is 6.01 Å². The molecule has 5 rings (SSSR count). The molecule has 0 radical (unpaired) electrons. The van der Waals surface area contributed by atoms with Gasteiger partial charge in [0.1, 0.15) is 17.5 Å². The van der Waals surface area contributed by atoms with Gasteiger partial charge >= 0.3 is 12.0 Å². The second-order valence-electron chi connectivity index (χ2n) is 8.64. The van der Waals surface area contributed by atoms with Crippen LogP contribution in [0.15, 0.2) is 48.8 Å². The molecule has 0 spiro atoms. The zero-order valence-electron chi connectivity index (χ0n) is 18.6. The Kier molecular flexibility index (Phi) is 6.77. The molecule has 7 nitrogen and oxygen atoms in total. The number of ether oxygens (including phenoxy) is 1. The van der Waals surface area contributed by atoms with Crippen molar-refractivity contribution in [3.05, 3.63) is 58.8 Å². The fourth-order valence-electron chi connectivity index (χ4n) is 4.27. The number of benzene rings is 2. The molecule has 2 aromatic heterocycles. The quantitative estimate of drug-likeness (QED) is 0.261. The molecule has 180 valence electrons. The van der Waals surface area contributed by atoms with Gasteiger partial charge in [0.2, 0.25) is 0 Å². The molecule has 0 atom stereocenters. The van der Waals surface area contributed by atoms with Crippen molar-refractivity contribution in [2.75, 3.05) is 11.9 Å². The van der Waals surface area contributed by atoms with E-state index < -0.39 is 11.4 Å². The standard InChI is InChI=1S/C25H22Cl2N4O3S/c26-17-10-19(27)21-20(11-17)35-24(31-21)30-18-6-4-15(5-7-18)16-12-28-23(29-13-16)34-14-25(22(32)33)8-2-1-3-9-25/h4-7,10-13H,1-3,8-9,14H2,(H,30,31)(H,32,33). The van der Waals surface area contributed by atoms with E-state index in [9.17, 15) is 9.90 Å². The number of carbonyl (C=O) groups is 1. The van der Waals surface area contributed by atoms with Crippen LogP contribution >= 0.6 is 34.5 Å². The molecule has 1 aliphatic rings. The zero-order chi connectivity index (χ0) is 24.4. The number of halogens is 2. The lowest BCUT2D eigenvalue weighted by Gasteiger charge is -2.32. The Morgan fingerprint density at radius 2 is 1.77 bits per heavy atom. The highest BCUT2D eigenvalue weighted by Gasteiger charge is 2.40. The van der Waals surface area contributed by atoms with Gasteiger partial charge in [-0.1, -0.05) is 65.9 Å². The van der Waals surface area contributed by atoms with E-state index in [1.165, 1.54) is 11.3 Å². The average Bonchev–Trinajstić information content (AvgIpc) is 3.27. The number of nitrogens with zero attached hydrogens (tertiary/aromatic N) is 3. The van der Waals surface area contributed by atoms with Gasteiger partial charge in [0.05, 0.1) is 9.72 Å². The molecule has 0 bridgehead atoms. The highest BCUT2D eigenvalue weighted by atomic mass is 35.5. The van der Waals surface area contributed by atoms with Gasteiger partial charge in [-0.05, 0) is 42.7 Å². The summed E-state index contributed by atoms with van der Waals surface area (Å²) >= 11 is 13.8. The first kappa shape index (κ1) is 23.8. The summed E-state index contributed by atoms with van der Waals surface area (Å²) in [5.41, 5.74) is 2.52. The lowest BCUT2D eigenvalue weighted by atomic mass is 9.75. The van der Waals surface area contributed by atoms with Crippen LogP contribution in [-0.2, 0) is 4.79 Å². The molecule has 1 aliphatic carbocycles. The Hall–Kier alpha value is -2.94. The van der Waals surface area contributed by atoms with E-state index >= 15 is 0 Å². The minimum absolute atomic E-state index is 0.0885. The van der Waals surface area contributed by atoms with E-state index in [2.05, 4.69) is 20.3 Å². The lowest BCUT2D eigenvalue weighted by Crippen LogP contribution is -2.39. The van der Waals surface area contributed by atoms with Crippen molar-refractivity contribution in [1.82, 2.24) is 15.0 Å². The number of anilines is 2. The fraction of sp³-hybridized carbons (Fsp3) is 0.280. The maximum Gasteiger partial charge on any atom is 0.316 e. The molecule has 0 aliphatic heterocycles. The van der Waals surface area contributed by atoms with Crippen molar-refractivity contribution < 1.29 is 14.6 Å². The first-order valence-electron chi connectivity index (χ1n) is 11.2. The van der Waals surface area contributed by atoms with E-state index in [0.29, 0.717) is 22.9 Å². The summed E-state index contributed by atoms with van der Waals surface area (Å²) < 4.78 is 6.61. The van der Waals surface area contributed by atoms with Crippen LogP contribution in [0, 0.1) is 5.41 Å². The summed E-state index contributed by atoms with van der Waals surface area (Å²) in [6.07, 6.45) is 7.48. The van der Waals surface area contributed by atoms with E-state index in [1.807, 2.05) is 30.3 Å². The highest BCUT2D eigenvalue weighted by Crippen LogP contribution is 2.37. The summed E-state index contributed by atoms with van der Waals surface area (Å²) in [5.74, 6) is -0.805. The van der Waals surface area contributed by atoms with Crippen LogP contribution in [0.4, 0.5) is 10.8 Å². The van der Waals surface area contributed by atoms with Gasteiger partial charge in [-0.25, -0.2) is 15.0 Å². The predicted octanol–water partition coefficient (Wildman–Crippen LogP) is 7.22. The van der Waals surface area contributed by atoms with E-state index in [1.54, 1.807) is 18.5 Å². The third-order valence-corrected chi connectivity index (χ3v) is 7.68. The van der Waals surface area contributed by atoms with Gasteiger partial charge in [0.25, 0.3) is 0 Å². The number of carboxylic acid groups (broad SMARTS) is 1. The molecule has 10 heteroatoms. The summed E-state index contributed by atoms with van der Waals surface area (Å²) in [6, 6.07) is 11.5. The lowest BCUT2D eigenvalue weighted by molar-refractivity contribution is -0.153. The number of aromatic nitrogens is 3. The number of carboxylic acids is 1. The molecule has 2 aromatic carbocycles. The van der Waals surface area contributed by atoms with Crippen molar-refractivity contribution in [2.45, 2.75) is 32.1 Å². The zero-order valence-corrected chi connectivity index (χ0v) is 21.0. The van der Waals surface area contributed by atoms with Crippen LogP contribution in [0.1, 0.15) is 32.1 Å². The average molecular weight is 529 g/mol. The van der Waals surface area contributed by atoms with E-state index in [4.69, 9.17) is 27.9 Å². The summed E-state index contributed by atoms with van der Waals surface area (Å²) in [4.78, 5) is 24.9. The maximum atomic E-state index is 11.8. The summed E-state index contributed by atoms with van der Waals surface area (Å²) in [7, 11) is 0. The second-order valence-corrected chi connectivity index (χ2v) is 10.5. The molecular formula is C25H22Cl2N4O3S. The number of aliphatic carboxylic acids is 1. The van der Waals surface area contributed by atoms with Crippen molar-refractivity contribution in [3.8, 4) is 17.1 Å². The molecule has 4 aromatic rings. The minimum atomic E-state index is -0.843. The smallest absolute Gasteiger partial charge is 0.316 e. The fourth-order valence-corrected chi connectivity index (χ4v) is 5.88. The number of rotatable bonds is 7. The highest BCUT2D eigenvalue weighted by molar-refractivity contribution is 7.22. The number of nitrogens with one attached hydrogen (secondary N) is 1. The van der Waals surface area contributed by atoms with Crippen LogP contribution in [0.25, 0.3) is 21.3 Å². The van der Waals surface area contributed by atoms with Crippen LogP contribution < -0.4 is 10.1 Å². The van der Waals surface area contributed by atoms with Crippen molar-refractivity contribution in [2.24, 2.45) is 5.41 Å². The second kappa shape index (κ2) is 9.97. The van der Waals surface area contributed by atoms with Crippen LogP contribution in [-0.4, -0.2) is 32.6 Å². The Labute approximate surface area is 216 Å². The number of hydrogen-bond acceptors (Lipinski definition) is 7. The third-order valence-electron chi connectivity index (χ3n) is 6.25. The van der Waals surface area contributed by atoms with Gasteiger partial charge < -0.3 is 15.2 Å². The molecule has 2 N–H and O–H groups in total. The molecule has 2 heterocycles. The number of thiazole rings is 1. The largest absolute Gasteiger partial charge is 0.481 e. The normalized spacial score (nSPS) is 15.1. The molecule has 1 fully saturated rings. The molecular weight excluding hydrogens is 507 g/mol. The Morgan fingerprint density at radius 3 is 2.46 bits per heavy atom. The molecule has 0 saturated heterocycles. The van der Waals surface area contributed by atoms with Crippen molar-refractivity contribution >= 4 is 61.5 Å². The SMILES string of the molecule is O=C(O)C1(COc2ncc(-c3ccc(Nc4nc5c(Cl)cc(Cl)cc5s4)cc3)cn2)CCCCC1. The van der Waals surface area contributed by atoms with Crippen molar-refractivity contribution in [3.63, 3.8) is 0 Å². The number of hydrogen-bond donors (Lipinski definition) is 2. The Bertz CT molecular complexity index is 1350. The molecule has 0 unspecified atom stereocenters. The molecule has 1 saturated carbocycles. The maximum absolute atomic E-state index is 11.8. The Morgan fingerprint density at radius 1 is 1.06 bits per heavy atom. The predicted molar refractivity (Wildman–Crippen MR) is 139 cm³/mol. The van der Waals surface area contributed by atoms with Gasteiger partial charge in [0, 0.05) is 28.7 Å². The van der Waals surface area contributed by atoms with Gasteiger partial charge in [-0.3, -0.25) is 4.79 Å². The van der Waals surface area contributed by atoms with Gasteiger partial charge in [-0.15, -0.1) is 0 Å². The summed E-state index contributed by atoms with van der Waals surface area (Å²) in [6.45, 7) is 0.0885. The van der Waals surface area contributed by atoms with Crippen LogP contribution in [0.3, 0.4) is 0 Å². The monoisotopic (exact) mass is 528 g/mol. The molecule has 35 heavy (non-hydrogen) atoms. The van der Waals surface area contributed by atoms with Crippen LogP contribution in [0.2, 0.25) is 10.0 Å². The first-order valence-corrected chi connectivity index (χ1v) is 12.8.